The number of rotatable bonds is 7. The summed E-state index contributed by atoms with van der Waals surface area (Å²) in [5, 5.41) is 11.7. The highest BCUT2D eigenvalue weighted by Crippen LogP contribution is 2.20. The lowest BCUT2D eigenvalue weighted by atomic mass is 10.1. The van der Waals surface area contributed by atoms with Crippen LogP contribution < -0.4 is 5.32 Å². The number of thioether (sulfide) groups is 1. The highest BCUT2D eigenvalue weighted by molar-refractivity contribution is 7.99. The second kappa shape index (κ2) is 8.17. The van der Waals surface area contributed by atoms with Crippen LogP contribution in [0.1, 0.15) is 13.8 Å². The van der Waals surface area contributed by atoms with Crippen molar-refractivity contribution in [2.24, 2.45) is 11.8 Å². The Kier molecular flexibility index (Phi) is 6.87. The Morgan fingerprint density at radius 2 is 2.00 bits per heavy atom. The number of amides is 1. The van der Waals surface area contributed by atoms with E-state index >= 15 is 0 Å². The number of hydrogen-bond acceptors (Lipinski definition) is 3. The summed E-state index contributed by atoms with van der Waals surface area (Å²) in [5.74, 6) is 0.315. The number of benzene rings is 1. The van der Waals surface area contributed by atoms with Gasteiger partial charge in [-0.2, -0.15) is 0 Å². The molecule has 106 valence electrons. The first kappa shape index (κ1) is 16.0. The Labute approximate surface area is 117 Å². The van der Waals surface area contributed by atoms with Crippen molar-refractivity contribution < 1.29 is 14.3 Å². The van der Waals surface area contributed by atoms with Gasteiger partial charge in [0.15, 0.2) is 0 Å². The predicted octanol–water partition coefficient (Wildman–Crippen LogP) is 2.30. The molecule has 1 aromatic carbocycles. The molecule has 0 fully saturated rings. The highest BCUT2D eigenvalue weighted by Gasteiger charge is 2.13. The summed E-state index contributed by atoms with van der Waals surface area (Å²) >= 11 is 1.53. The molecular weight excluding hydrogens is 265 g/mol. The quantitative estimate of drug-likeness (QED) is 0.756. The van der Waals surface area contributed by atoms with Crippen LogP contribution in [0.4, 0.5) is 4.39 Å². The predicted molar refractivity (Wildman–Crippen MR) is 75.5 cm³/mol. The molecule has 0 heterocycles. The minimum atomic E-state index is -0.256. The third-order valence-corrected chi connectivity index (χ3v) is 3.97. The van der Waals surface area contributed by atoms with Gasteiger partial charge in [0.05, 0.1) is 0 Å². The largest absolute Gasteiger partial charge is 0.396 e. The average molecular weight is 285 g/mol. The Hall–Kier alpha value is -1.07. The lowest BCUT2D eigenvalue weighted by molar-refractivity contribution is -0.124. The molecule has 0 aliphatic heterocycles. The molecule has 0 saturated carbocycles. The van der Waals surface area contributed by atoms with E-state index in [1.807, 2.05) is 13.8 Å². The van der Waals surface area contributed by atoms with Gasteiger partial charge in [-0.1, -0.05) is 13.8 Å². The summed E-state index contributed by atoms with van der Waals surface area (Å²) in [6.07, 6.45) is 0. The van der Waals surface area contributed by atoms with Gasteiger partial charge in [-0.3, -0.25) is 4.79 Å². The third kappa shape index (κ3) is 6.07. The summed E-state index contributed by atoms with van der Waals surface area (Å²) in [6.45, 7) is 4.29. The van der Waals surface area contributed by atoms with Crippen LogP contribution in [0.5, 0.6) is 0 Å². The molecule has 2 atom stereocenters. The zero-order valence-corrected chi connectivity index (χ0v) is 12.0. The van der Waals surface area contributed by atoms with Crippen LogP contribution in [0.25, 0.3) is 0 Å². The topological polar surface area (TPSA) is 49.3 Å². The van der Waals surface area contributed by atoms with E-state index in [2.05, 4.69) is 5.32 Å². The van der Waals surface area contributed by atoms with Crippen LogP contribution in [0, 0.1) is 17.7 Å². The molecule has 1 rings (SSSR count). The molecule has 0 radical (unpaired) electrons. The average Bonchev–Trinajstić information content (AvgIpc) is 2.43. The molecule has 5 heteroatoms. The van der Waals surface area contributed by atoms with E-state index in [0.717, 1.165) is 4.90 Å². The summed E-state index contributed by atoms with van der Waals surface area (Å²) in [6, 6.07) is 6.24. The first-order chi connectivity index (χ1) is 9.02. The number of hydrogen-bond donors (Lipinski definition) is 2. The van der Waals surface area contributed by atoms with Gasteiger partial charge in [0.25, 0.3) is 0 Å². The standard InChI is InChI=1S/C14H20FNO2S/c1-10(8-17)7-16-14(18)11(2)9-19-13-5-3-12(15)4-6-13/h3-6,10-11,17H,7-9H2,1-2H3,(H,16,18). The van der Waals surface area contributed by atoms with Crippen molar-refractivity contribution in [1.29, 1.82) is 0 Å². The lowest BCUT2D eigenvalue weighted by Crippen LogP contribution is -2.34. The van der Waals surface area contributed by atoms with Crippen LogP contribution in [-0.4, -0.2) is 29.9 Å². The van der Waals surface area contributed by atoms with Crippen molar-refractivity contribution in [1.82, 2.24) is 5.32 Å². The second-order valence-corrected chi connectivity index (χ2v) is 5.79. The van der Waals surface area contributed by atoms with E-state index < -0.39 is 0 Å². The molecular formula is C14H20FNO2S. The van der Waals surface area contributed by atoms with Gasteiger partial charge in [-0.05, 0) is 30.2 Å². The Balaban J connectivity index is 2.32. The SMILES string of the molecule is CC(CO)CNC(=O)C(C)CSc1ccc(F)cc1. The first-order valence-corrected chi connectivity index (χ1v) is 7.28. The number of aliphatic hydroxyl groups is 1. The van der Waals surface area contributed by atoms with Crippen molar-refractivity contribution in [3.63, 3.8) is 0 Å². The molecule has 0 bridgehead atoms. The van der Waals surface area contributed by atoms with Crippen molar-refractivity contribution in [3.05, 3.63) is 30.1 Å². The van der Waals surface area contributed by atoms with Gasteiger partial charge >= 0.3 is 0 Å². The van der Waals surface area contributed by atoms with E-state index in [1.165, 1.54) is 23.9 Å². The second-order valence-electron chi connectivity index (χ2n) is 4.70. The number of carbonyl (C=O) groups is 1. The van der Waals surface area contributed by atoms with E-state index in [9.17, 15) is 9.18 Å². The molecule has 0 aromatic heterocycles. The fourth-order valence-corrected chi connectivity index (χ4v) is 2.26. The number of halogens is 1. The molecule has 2 unspecified atom stereocenters. The third-order valence-electron chi connectivity index (χ3n) is 2.70. The van der Waals surface area contributed by atoms with Gasteiger partial charge in [0, 0.05) is 29.7 Å². The number of carbonyl (C=O) groups excluding carboxylic acids is 1. The molecule has 3 nitrogen and oxygen atoms in total. The van der Waals surface area contributed by atoms with Crippen molar-refractivity contribution in [2.45, 2.75) is 18.7 Å². The van der Waals surface area contributed by atoms with Crippen molar-refractivity contribution in [3.8, 4) is 0 Å². The van der Waals surface area contributed by atoms with Gasteiger partial charge in [-0.15, -0.1) is 11.8 Å². The molecule has 19 heavy (non-hydrogen) atoms. The van der Waals surface area contributed by atoms with Crippen molar-refractivity contribution >= 4 is 17.7 Å². The summed E-state index contributed by atoms with van der Waals surface area (Å²) < 4.78 is 12.7. The summed E-state index contributed by atoms with van der Waals surface area (Å²) in [4.78, 5) is 12.7. The zero-order valence-electron chi connectivity index (χ0n) is 11.2. The number of aliphatic hydroxyl groups excluding tert-OH is 1. The first-order valence-electron chi connectivity index (χ1n) is 6.30. The summed E-state index contributed by atoms with van der Waals surface area (Å²) in [5.41, 5.74) is 0. The molecule has 1 amide bonds. The molecule has 2 N–H and O–H groups in total. The van der Waals surface area contributed by atoms with E-state index in [-0.39, 0.29) is 30.2 Å². The van der Waals surface area contributed by atoms with E-state index in [4.69, 9.17) is 5.11 Å². The van der Waals surface area contributed by atoms with E-state index in [0.29, 0.717) is 12.3 Å². The maximum atomic E-state index is 12.7. The maximum absolute atomic E-state index is 12.7. The monoisotopic (exact) mass is 285 g/mol. The smallest absolute Gasteiger partial charge is 0.223 e. The Morgan fingerprint density at radius 3 is 2.58 bits per heavy atom. The van der Waals surface area contributed by atoms with Crippen LogP contribution in [-0.2, 0) is 4.79 Å². The van der Waals surface area contributed by atoms with Gasteiger partial charge in [0.2, 0.25) is 5.91 Å². The number of nitrogens with one attached hydrogen (secondary N) is 1. The van der Waals surface area contributed by atoms with Crippen LogP contribution >= 0.6 is 11.8 Å². The highest BCUT2D eigenvalue weighted by atomic mass is 32.2. The van der Waals surface area contributed by atoms with Gasteiger partial charge in [-0.25, -0.2) is 4.39 Å². The minimum Gasteiger partial charge on any atom is -0.396 e. The minimum absolute atomic E-state index is 0.0186. The molecule has 0 spiro atoms. The van der Waals surface area contributed by atoms with Crippen LogP contribution in [0.15, 0.2) is 29.2 Å². The van der Waals surface area contributed by atoms with Crippen molar-refractivity contribution in [2.75, 3.05) is 18.9 Å². The maximum Gasteiger partial charge on any atom is 0.223 e. The summed E-state index contributed by atoms with van der Waals surface area (Å²) in [7, 11) is 0. The fraction of sp³-hybridized carbons (Fsp3) is 0.500. The lowest BCUT2D eigenvalue weighted by Gasteiger charge is -2.14. The Bertz CT molecular complexity index is 397. The normalized spacial score (nSPS) is 13.9. The molecule has 0 aliphatic carbocycles. The van der Waals surface area contributed by atoms with E-state index in [1.54, 1.807) is 12.1 Å². The zero-order chi connectivity index (χ0) is 14.3. The molecule has 1 aromatic rings. The van der Waals surface area contributed by atoms with Crippen LogP contribution in [0.3, 0.4) is 0 Å². The molecule has 0 saturated heterocycles. The fourth-order valence-electron chi connectivity index (χ4n) is 1.34. The molecule has 0 aliphatic rings. The van der Waals surface area contributed by atoms with Gasteiger partial charge in [0.1, 0.15) is 5.82 Å². The van der Waals surface area contributed by atoms with Gasteiger partial charge < -0.3 is 10.4 Å². The Morgan fingerprint density at radius 1 is 1.37 bits per heavy atom. The van der Waals surface area contributed by atoms with Crippen LogP contribution in [0.2, 0.25) is 0 Å².